The molecule has 0 heterocycles. The van der Waals surface area contributed by atoms with Crippen molar-refractivity contribution in [1.82, 2.24) is 0 Å². The summed E-state index contributed by atoms with van der Waals surface area (Å²) in [6.45, 7) is 4.32. The summed E-state index contributed by atoms with van der Waals surface area (Å²) < 4.78 is 5.77. The molecule has 2 rings (SSSR count). The van der Waals surface area contributed by atoms with Crippen molar-refractivity contribution in [3.05, 3.63) is 63.2 Å². The van der Waals surface area contributed by atoms with Gasteiger partial charge in [-0.25, -0.2) is 0 Å². The number of anilines is 1. The van der Waals surface area contributed by atoms with Gasteiger partial charge in [-0.05, 0) is 42.7 Å². The maximum atomic E-state index is 11.0. The molecule has 0 aliphatic carbocycles. The number of nitrogens with zero attached hydrogens (tertiary/aromatic N) is 1. The summed E-state index contributed by atoms with van der Waals surface area (Å²) in [7, 11) is 1.66. The van der Waals surface area contributed by atoms with E-state index < -0.39 is 4.92 Å². The third-order valence-electron chi connectivity index (χ3n) is 3.48. The Bertz CT molecular complexity index is 669. The Kier molecular flexibility index (Phi) is 4.42. The van der Waals surface area contributed by atoms with Crippen LogP contribution in [0, 0.1) is 24.0 Å². The van der Waals surface area contributed by atoms with Crippen molar-refractivity contribution in [2.24, 2.45) is 0 Å². The van der Waals surface area contributed by atoms with E-state index in [0.717, 1.165) is 22.4 Å². The van der Waals surface area contributed by atoms with Crippen molar-refractivity contribution in [2.45, 2.75) is 20.5 Å². The minimum Gasteiger partial charge on any atom is -0.489 e. The van der Waals surface area contributed by atoms with E-state index >= 15 is 0 Å². The fourth-order valence-corrected chi connectivity index (χ4v) is 2.07. The highest BCUT2D eigenvalue weighted by atomic mass is 16.6. The molecular formula is C16H18N2O3. The molecule has 0 aromatic heterocycles. The lowest BCUT2D eigenvalue weighted by Crippen LogP contribution is -2.01. The van der Waals surface area contributed by atoms with Gasteiger partial charge in [-0.3, -0.25) is 10.1 Å². The van der Waals surface area contributed by atoms with Crippen LogP contribution in [-0.2, 0) is 6.61 Å². The molecule has 0 spiro atoms. The van der Waals surface area contributed by atoms with Crippen LogP contribution in [0.15, 0.2) is 36.4 Å². The van der Waals surface area contributed by atoms with Gasteiger partial charge in [0, 0.05) is 13.1 Å². The van der Waals surface area contributed by atoms with Crippen LogP contribution < -0.4 is 10.1 Å². The summed E-state index contributed by atoms with van der Waals surface area (Å²) in [5.41, 5.74) is 3.56. The minimum atomic E-state index is -0.396. The fourth-order valence-electron chi connectivity index (χ4n) is 2.07. The van der Waals surface area contributed by atoms with Crippen LogP contribution in [-0.4, -0.2) is 12.0 Å². The highest BCUT2D eigenvalue weighted by molar-refractivity contribution is 5.62. The van der Waals surface area contributed by atoms with Gasteiger partial charge < -0.3 is 10.1 Å². The number of nitro benzene ring substituents is 1. The lowest BCUT2D eigenvalue weighted by molar-refractivity contribution is -0.384. The number of nitrogens with one attached hydrogen (secondary N) is 1. The van der Waals surface area contributed by atoms with Gasteiger partial charge in [0.05, 0.1) is 4.92 Å². The molecule has 5 nitrogen and oxygen atoms in total. The smallest absolute Gasteiger partial charge is 0.292 e. The van der Waals surface area contributed by atoms with Crippen LogP contribution in [0.1, 0.15) is 16.7 Å². The summed E-state index contributed by atoms with van der Waals surface area (Å²) in [5, 5.41) is 13.8. The second kappa shape index (κ2) is 6.26. The molecule has 5 heteroatoms. The molecule has 0 aliphatic rings. The standard InChI is InChI=1S/C16H18N2O3/c1-11-5-4-6-16(12(11)2)21-10-13-7-8-14(17-3)15(9-13)18(19)20/h4-9,17H,10H2,1-3H3. The average Bonchev–Trinajstić information content (AvgIpc) is 2.48. The first-order valence-corrected chi connectivity index (χ1v) is 6.67. The van der Waals surface area contributed by atoms with E-state index in [0.29, 0.717) is 12.3 Å². The zero-order valence-corrected chi connectivity index (χ0v) is 12.3. The molecule has 21 heavy (non-hydrogen) atoms. The van der Waals surface area contributed by atoms with E-state index in [1.165, 1.54) is 6.07 Å². The summed E-state index contributed by atoms with van der Waals surface area (Å²) in [6.07, 6.45) is 0. The fraction of sp³-hybridized carbons (Fsp3) is 0.250. The first-order chi connectivity index (χ1) is 10.0. The number of nitro groups is 1. The third kappa shape index (κ3) is 3.31. The first kappa shape index (κ1) is 14.8. The molecule has 0 radical (unpaired) electrons. The second-order valence-electron chi connectivity index (χ2n) is 4.85. The molecule has 0 fully saturated rings. The summed E-state index contributed by atoms with van der Waals surface area (Å²) >= 11 is 0. The number of benzene rings is 2. The van der Waals surface area contributed by atoms with Crippen LogP contribution in [0.2, 0.25) is 0 Å². The maximum Gasteiger partial charge on any atom is 0.292 e. The highest BCUT2D eigenvalue weighted by Gasteiger charge is 2.13. The largest absolute Gasteiger partial charge is 0.489 e. The van der Waals surface area contributed by atoms with Crippen molar-refractivity contribution in [3.8, 4) is 5.75 Å². The molecule has 0 amide bonds. The van der Waals surface area contributed by atoms with Crippen molar-refractivity contribution in [2.75, 3.05) is 12.4 Å². The molecule has 0 unspecified atom stereocenters. The second-order valence-corrected chi connectivity index (χ2v) is 4.85. The lowest BCUT2D eigenvalue weighted by atomic mass is 10.1. The number of rotatable bonds is 5. The van der Waals surface area contributed by atoms with Gasteiger partial charge in [-0.2, -0.15) is 0 Å². The molecule has 0 bridgehead atoms. The van der Waals surface area contributed by atoms with Gasteiger partial charge in [0.2, 0.25) is 0 Å². The molecule has 0 saturated heterocycles. The molecule has 2 aromatic rings. The molecule has 2 aromatic carbocycles. The maximum absolute atomic E-state index is 11.0. The lowest BCUT2D eigenvalue weighted by Gasteiger charge is -2.11. The van der Waals surface area contributed by atoms with Crippen LogP contribution >= 0.6 is 0 Å². The van der Waals surface area contributed by atoms with Crippen molar-refractivity contribution < 1.29 is 9.66 Å². The quantitative estimate of drug-likeness (QED) is 0.670. The van der Waals surface area contributed by atoms with Gasteiger partial charge in [-0.1, -0.05) is 18.2 Å². The van der Waals surface area contributed by atoms with E-state index in [4.69, 9.17) is 4.74 Å². The van der Waals surface area contributed by atoms with Gasteiger partial charge in [0.25, 0.3) is 5.69 Å². The Labute approximate surface area is 123 Å². The average molecular weight is 286 g/mol. The Morgan fingerprint density at radius 3 is 2.67 bits per heavy atom. The van der Waals surface area contributed by atoms with E-state index in [2.05, 4.69) is 5.32 Å². The van der Waals surface area contributed by atoms with Crippen LogP contribution in [0.25, 0.3) is 0 Å². The van der Waals surface area contributed by atoms with Gasteiger partial charge in [0.15, 0.2) is 0 Å². The number of aryl methyl sites for hydroxylation is 1. The molecule has 0 saturated carbocycles. The molecular weight excluding hydrogens is 268 g/mol. The van der Waals surface area contributed by atoms with E-state index in [1.807, 2.05) is 38.1 Å². The number of hydrogen-bond acceptors (Lipinski definition) is 4. The summed E-state index contributed by atoms with van der Waals surface area (Å²) in [5.74, 6) is 0.801. The van der Waals surface area contributed by atoms with Gasteiger partial charge in [-0.15, -0.1) is 0 Å². The van der Waals surface area contributed by atoms with E-state index in [-0.39, 0.29) is 5.69 Å². The monoisotopic (exact) mass is 286 g/mol. The van der Waals surface area contributed by atoms with Crippen molar-refractivity contribution >= 4 is 11.4 Å². The Hall–Kier alpha value is -2.56. The van der Waals surface area contributed by atoms with Crippen LogP contribution in [0.5, 0.6) is 5.75 Å². The van der Waals surface area contributed by atoms with E-state index in [1.54, 1.807) is 13.1 Å². The zero-order valence-electron chi connectivity index (χ0n) is 12.3. The first-order valence-electron chi connectivity index (χ1n) is 6.67. The summed E-state index contributed by atoms with van der Waals surface area (Å²) in [4.78, 5) is 10.6. The Morgan fingerprint density at radius 1 is 1.24 bits per heavy atom. The number of ether oxygens (including phenoxy) is 1. The highest BCUT2D eigenvalue weighted by Crippen LogP contribution is 2.26. The minimum absolute atomic E-state index is 0.0552. The molecule has 110 valence electrons. The predicted molar refractivity (Wildman–Crippen MR) is 82.9 cm³/mol. The van der Waals surface area contributed by atoms with Crippen molar-refractivity contribution in [3.63, 3.8) is 0 Å². The molecule has 0 aliphatic heterocycles. The SMILES string of the molecule is CNc1ccc(COc2cccc(C)c2C)cc1[N+](=O)[O-]. The Morgan fingerprint density at radius 2 is 2.00 bits per heavy atom. The van der Waals surface area contributed by atoms with Gasteiger partial charge >= 0.3 is 0 Å². The predicted octanol–water partition coefficient (Wildman–Crippen LogP) is 3.83. The normalized spacial score (nSPS) is 10.2. The summed E-state index contributed by atoms with van der Waals surface area (Å²) in [6, 6.07) is 10.9. The van der Waals surface area contributed by atoms with Crippen molar-refractivity contribution in [1.29, 1.82) is 0 Å². The topological polar surface area (TPSA) is 64.4 Å². The van der Waals surface area contributed by atoms with Crippen LogP contribution in [0.3, 0.4) is 0 Å². The van der Waals surface area contributed by atoms with Gasteiger partial charge in [0.1, 0.15) is 18.0 Å². The van der Waals surface area contributed by atoms with Crippen LogP contribution in [0.4, 0.5) is 11.4 Å². The molecule has 1 N–H and O–H groups in total. The zero-order chi connectivity index (χ0) is 15.4. The Balaban J connectivity index is 2.19. The molecule has 0 atom stereocenters. The number of hydrogen-bond donors (Lipinski definition) is 1. The third-order valence-corrected chi connectivity index (χ3v) is 3.48. The van der Waals surface area contributed by atoms with E-state index in [9.17, 15) is 10.1 Å².